The molecule has 0 aliphatic carbocycles. The summed E-state index contributed by atoms with van der Waals surface area (Å²) in [6.07, 6.45) is -18.5. The van der Waals surface area contributed by atoms with E-state index in [9.17, 15) is 49.1 Å². The number of amides is 2. The number of methoxy groups -OCH3 is 1. The summed E-state index contributed by atoms with van der Waals surface area (Å²) in [6.45, 7) is 3.57. The summed E-state index contributed by atoms with van der Waals surface area (Å²) in [6, 6.07) is -0.476. The third-order valence-corrected chi connectivity index (χ3v) is 6.42. The highest BCUT2D eigenvalue weighted by molar-refractivity contribution is 5.95. The van der Waals surface area contributed by atoms with Crippen molar-refractivity contribution in [2.75, 3.05) is 17.7 Å². The van der Waals surface area contributed by atoms with Gasteiger partial charge in [-0.3, -0.25) is 9.80 Å². The van der Waals surface area contributed by atoms with Crippen LogP contribution in [0.3, 0.4) is 0 Å². The largest absolute Gasteiger partial charge is 0.453 e. The Bertz CT molecular complexity index is 1310. The fourth-order valence-electron chi connectivity index (χ4n) is 4.70. The number of nitrogens with two attached hydrogens (primary N) is 1. The molecule has 16 heteroatoms. The number of hydrogen-bond donors (Lipinski definition) is 1. The lowest BCUT2D eigenvalue weighted by Gasteiger charge is -2.43. The number of benzene rings is 2. The number of halogens is 9. The summed E-state index contributed by atoms with van der Waals surface area (Å²) < 4.78 is 132. The number of alkyl halides is 9. The van der Waals surface area contributed by atoms with Crippen LogP contribution in [0.2, 0.25) is 0 Å². The third kappa shape index (κ3) is 6.95. The van der Waals surface area contributed by atoms with Crippen LogP contribution in [-0.4, -0.2) is 36.3 Å². The van der Waals surface area contributed by atoms with E-state index in [-0.39, 0.29) is 23.7 Å². The van der Waals surface area contributed by atoms with Crippen molar-refractivity contribution in [1.29, 1.82) is 0 Å². The molecule has 2 atom stereocenters. The van der Waals surface area contributed by atoms with Crippen molar-refractivity contribution in [1.82, 2.24) is 4.90 Å². The van der Waals surface area contributed by atoms with Crippen LogP contribution >= 0.6 is 0 Å². The Hall–Kier alpha value is -3.85. The predicted octanol–water partition coefficient (Wildman–Crippen LogP) is 7.78. The van der Waals surface area contributed by atoms with Crippen LogP contribution < -0.4 is 10.6 Å². The van der Waals surface area contributed by atoms with Crippen molar-refractivity contribution < 1.29 is 58.6 Å². The Morgan fingerprint density at radius 1 is 0.929 bits per heavy atom. The normalized spacial score (nSPS) is 17.6. The molecule has 0 radical (unpaired) electrons. The van der Waals surface area contributed by atoms with E-state index in [1.165, 1.54) is 20.8 Å². The lowest BCUT2D eigenvalue weighted by Crippen LogP contribution is -2.48. The van der Waals surface area contributed by atoms with Gasteiger partial charge in [0.25, 0.3) is 0 Å². The maximum absolute atomic E-state index is 13.8. The number of carbonyl (C=O) groups excluding carboxylic acids is 2. The van der Waals surface area contributed by atoms with Crippen LogP contribution in [0.15, 0.2) is 30.3 Å². The van der Waals surface area contributed by atoms with Gasteiger partial charge in [-0.2, -0.15) is 39.5 Å². The van der Waals surface area contributed by atoms with Gasteiger partial charge in [0.2, 0.25) is 0 Å². The van der Waals surface area contributed by atoms with E-state index >= 15 is 0 Å². The van der Waals surface area contributed by atoms with E-state index < -0.39 is 83.4 Å². The monoisotopic (exact) mass is 615 g/mol. The average molecular weight is 615 g/mol. The zero-order chi connectivity index (χ0) is 31.9. The van der Waals surface area contributed by atoms with Crippen molar-refractivity contribution in [2.45, 2.75) is 70.5 Å². The van der Waals surface area contributed by atoms with Crippen molar-refractivity contribution >= 4 is 23.6 Å². The van der Waals surface area contributed by atoms with Crippen LogP contribution in [0.1, 0.15) is 61.1 Å². The third-order valence-electron chi connectivity index (χ3n) is 6.42. The standard InChI is InChI=1S/C26H26F9N3O4/c1-12(2)42-23(40)38-13(3)5-20(18-9-17(26(33,34)35)10-19(36)21(18)38)37(22(39)41-4)11-14-6-15(24(27,28)29)8-16(7-14)25(30,31)32/h6-10,12-13,20H,5,11,36H2,1-4H3/t13-,20+/m1/s1. The van der Waals surface area contributed by atoms with Crippen LogP contribution in [0, 0.1) is 0 Å². The molecule has 0 fully saturated rings. The number of carbonyl (C=O) groups is 2. The molecule has 0 saturated carbocycles. The highest BCUT2D eigenvalue weighted by Gasteiger charge is 2.44. The van der Waals surface area contributed by atoms with E-state index in [0.29, 0.717) is 29.2 Å². The number of nitrogen functional groups attached to an aromatic ring is 1. The molecule has 3 rings (SSSR count). The fraction of sp³-hybridized carbons (Fsp3) is 0.462. The maximum atomic E-state index is 13.8. The van der Waals surface area contributed by atoms with Crippen molar-refractivity contribution in [3.8, 4) is 0 Å². The van der Waals surface area contributed by atoms with Gasteiger partial charge in [0, 0.05) is 18.2 Å². The van der Waals surface area contributed by atoms with Gasteiger partial charge in [-0.15, -0.1) is 0 Å². The Balaban J connectivity index is 2.25. The molecule has 232 valence electrons. The molecule has 2 aromatic rings. The minimum absolute atomic E-state index is 0.0987. The lowest BCUT2D eigenvalue weighted by atomic mass is 9.88. The Morgan fingerprint density at radius 2 is 1.43 bits per heavy atom. The minimum Gasteiger partial charge on any atom is -0.453 e. The van der Waals surface area contributed by atoms with E-state index in [1.807, 2.05) is 0 Å². The second-order valence-electron chi connectivity index (χ2n) is 9.92. The molecule has 2 aromatic carbocycles. The second kappa shape index (κ2) is 11.4. The number of anilines is 2. The number of fused-ring (bicyclic) bond motifs is 1. The molecular formula is C26H26F9N3O4. The van der Waals surface area contributed by atoms with Crippen molar-refractivity contribution in [3.63, 3.8) is 0 Å². The average Bonchev–Trinajstić information content (AvgIpc) is 2.84. The van der Waals surface area contributed by atoms with Gasteiger partial charge >= 0.3 is 30.7 Å². The van der Waals surface area contributed by atoms with Crippen LogP contribution in [0.5, 0.6) is 0 Å². The topological polar surface area (TPSA) is 85.1 Å². The first-order valence-corrected chi connectivity index (χ1v) is 12.3. The first-order valence-electron chi connectivity index (χ1n) is 12.3. The molecule has 0 saturated heterocycles. The summed E-state index contributed by atoms with van der Waals surface area (Å²) in [5.41, 5.74) is -0.335. The molecule has 0 spiro atoms. The van der Waals surface area contributed by atoms with Gasteiger partial charge in [0.1, 0.15) is 0 Å². The quantitative estimate of drug-likeness (QED) is 0.281. The van der Waals surface area contributed by atoms with E-state index in [2.05, 4.69) is 0 Å². The van der Waals surface area contributed by atoms with Crippen molar-refractivity contribution in [3.05, 3.63) is 58.1 Å². The Labute approximate surface area is 233 Å². The van der Waals surface area contributed by atoms with Gasteiger partial charge in [-0.1, -0.05) is 0 Å². The first kappa shape index (κ1) is 32.7. The molecule has 2 N–H and O–H groups in total. The van der Waals surface area contributed by atoms with E-state index in [0.717, 1.165) is 12.0 Å². The highest BCUT2D eigenvalue weighted by Crippen LogP contribution is 2.47. The SMILES string of the molecule is COC(=O)N(Cc1cc(C(F)(F)F)cc(C(F)(F)F)c1)[C@H]1C[C@@H](C)N(C(=O)OC(C)C)c2c(N)cc(C(F)(F)F)cc21. The summed E-state index contributed by atoms with van der Waals surface area (Å²) >= 11 is 0. The Morgan fingerprint density at radius 3 is 1.88 bits per heavy atom. The molecule has 0 bridgehead atoms. The number of rotatable bonds is 4. The number of ether oxygens (including phenoxy) is 2. The van der Waals surface area contributed by atoms with Gasteiger partial charge < -0.3 is 15.2 Å². The molecule has 42 heavy (non-hydrogen) atoms. The predicted molar refractivity (Wildman–Crippen MR) is 131 cm³/mol. The Kier molecular flexibility index (Phi) is 8.89. The maximum Gasteiger partial charge on any atom is 0.416 e. The molecule has 1 aliphatic rings. The van der Waals surface area contributed by atoms with Crippen molar-refractivity contribution in [2.24, 2.45) is 0 Å². The van der Waals surface area contributed by atoms with Gasteiger partial charge in [-0.05, 0) is 63.1 Å². The smallest absolute Gasteiger partial charge is 0.416 e. The van der Waals surface area contributed by atoms with Gasteiger partial charge in [0.05, 0.1) is 47.3 Å². The molecule has 7 nitrogen and oxygen atoms in total. The summed E-state index contributed by atoms with van der Waals surface area (Å²) in [7, 11) is 0.878. The van der Waals surface area contributed by atoms with Crippen LogP contribution in [-0.2, 0) is 34.5 Å². The summed E-state index contributed by atoms with van der Waals surface area (Å²) in [4.78, 5) is 27.5. The van der Waals surface area contributed by atoms with E-state index in [4.69, 9.17) is 15.2 Å². The second-order valence-corrected chi connectivity index (χ2v) is 9.92. The highest BCUT2D eigenvalue weighted by atomic mass is 19.4. The fourth-order valence-corrected chi connectivity index (χ4v) is 4.70. The minimum atomic E-state index is -5.19. The van der Waals surface area contributed by atoms with Crippen LogP contribution in [0.25, 0.3) is 0 Å². The zero-order valence-electron chi connectivity index (χ0n) is 22.5. The zero-order valence-corrected chi connectivity index (χ0v) is 22.5. The number of hydrogen-bond acceptors (Lipinski definition) is 5. The number of nitrogens with zero attached hydrogens (tertiary/aromatic N) is 2. The van der Waals surface area contributed by atoms with E-state index in [1.54, 1.807) is 0 Å². The molecule has 2 amide bonds. The summed E-state index contributed by atoms with van der Waals surface area (Å²) in [5, 5.41) is 0. The molecular weight excluding hydrogens is 589 g/mol. The molecule has 0 aromatic heterocycles. The lowest BCUT2D eigenvalue weighted by molar-refractivity contribution is -0.143. The molecule has 1 heterocycles. The van der Waals surface area contributed by atoms with Gasteiger partial charge in [0.15, 0.2) is 0 Å². The molecule has 0 unspecified atom stereocenters. The summed E-state index contributed by atoms with van der Waals surface area (Å²) in [5.74, 6) is 0. The first-order chi connectivity index (χ1) is 19.1. The van der Waals surface area contributed by atoms with Crippen LogP contribution in [0.4, 0.5) is 60.5 Å². The molecule has 1 aliphatic heterocycles. The van der Waals surface area contributed by atoms with Gasteiger partial charge in [-0.25, -0.2) is 9.59 Å².